The molecule has 2 N–H and O–H groups in total. The number of aryl methyl sites for hydroxylation is 1. The summed E-state index contributed by atoms with van der Waals surface area (Å²) >= 11 is 3.66. The summed E-state index contributed by atoms with van der Waals surface area (Å²) in [5.41, 5.74) is 0.0528. The summed E-state index contributed by atoms with van der Waals surface area (Å²) in [7, 11) is 1.97. The lowest BCUT2D eigenvalue weighted by atomic mass is 9.91. The van der Waals surface area contributed by atoms with E-state index in [0.29, 0.717) is 6.54 Å². The maximum Gasteiger partial charge on any atom is 0.191 e. The van der Waals surface area contributed by atoms with Crippen molar-refractivity contribution in [3.63, 3.8) is 0 Å². The average molecular weight is 523 g/mol. The topological polar surface area (TPSA) is 67.1 Å². The summed E-state index contributed by atoms with van der Waals surface area (Å²) < 4.78 is 1.98. The summed E-state index contributed by atoms with van der Waals surface area (Å²) in [6.07, 6.45) is 3.24. The Hall–Kier alpha value is -0.810. The normalized spacial score (nSPS) is 12.0. The number of nitrogens with zero attached hydrogens (tertiary/aromatic N) is 4. The second-order valence-corrected chi connectivity index (χ2v) is 8.81. The van der Waals surface area contributed by atoms with E-state index in [1.807, 2.05) is 30.3 Å². The molecular formula is C18H31IN6S2. The van der Waals surface area contributed by atoms with Gasteiger partial charge in [-0.05, 0) is 36.8 Å². The minimum Gasteiger partial charge on any atom is -0.356 e. The summed E-state index contributed by atoms with van der Waals surface area (Å²) in [6, 6.07) is 4.30. The molecule has 2 heterocycles. The van der Waals surface area contributed by atoms with Crippen LogP contribution < -0.4 is 10.6 Å². The number of hydrogen-bond acceptors (Lipinski definition) is 5. The van der Waals surface area contributed by atoms with Crippen molar-refractivity contribution in [1.29, 1.82) is 0 Å². The number of guanidine groups is 1. The van der Waals surface area contributed by atoms with Crippen molar-refractivity contribution in [2.24, 2.45) is 12.0 Å². The van der Waals surface area contributed by atoms with Crippen LogP contribution in [0.1, 0.15) is 36.8 Å². The molecule has 6 nitrogen and oxygen atoms in total. The van der Waals surface area contributed by atoms with Crippen LogP contribution in [0.2, 0.25) is 0 Å². The van der Waals surface area contributed by atoms with E-state index in [2.05, 4.69) is 58.4 Å². The predicted molar refractivity (Wildman–Crippen MR) is 129 cm³/mol. The molecule has 0 saturated heterocycles. The number of thioether (sulfide) groups is 1. The minimum atomic E-state index is 0. The van der Waals surface area contributed by atoms with Gasteiger partial charge in [0, 0.05) is 30.4 Å². The maximum absolute atomic E-state index is 4.72. The molecule has 0 saturated carbocycles. The van der Waals surface area contributed by atoms with Gasteiger partial charge < -0.3 is 15.2 Å². The first kappa shape index (κ1) is 24.2. The van der Waals surface area contributed by atoms with E-state index in [0.717, 1.165) is 42.9 Å². The van der Waals surface area contributed by atoms with Crippen LogP contribution in [0.4, 0.5) is 0 Å². The second-order valence-electron chi connectivity index (χ2n) is 6.88. The molecule has 0 radical (unpaired) electrons. The zero-order chi connectivity index (χ0) is 19.0. The van der Waals surface area contributed by atoms with Crippen molar-refractivity contribution < 1.29 is 0 Å². The molecule has 0 aliphatic heterocycles. The Morgan fingerprint density at radius 2 is 2.11 bits per heavy atom. The smallest absolute Gasteiger partial charge is 0.191 e. The van der Waals surface area contributed by atoms with Crippen LogP contribution in [-0.4, -0.2) is 45.8 Å². The van der Waals surface area contributed by atoms with Gasteiger partial charge in [-0.2, -0.15) is 11.8 Å². The first-order chi connectivity index (χ1) is 12.4. The zero-order valence-electron chi connectivity index (χ0n) is 16.8. The molecule has 0 unspecified atom stereocenters. The molecule has 0 atom stereocenters. The van der Waals surface area contributed by atoms with Gasteiger partial charge in [0.05, 0.1) is 0 Å². The Labute approximate surface area is 188 Å². The van der Waals surface area contributed by atoms with Gasteiger partial charge in [-0.15, -0.1) is 45.5 Å². The molecule has 0 bridgehead atoms. The fraction of sp³-hybridized carbons (Fsp3) is 0.611. The Bertz CT molecular complexity index is 697. The Morgan fingerprint density at radius 1 is 1.33 bits per heavy atom. The van der Waals surface area contributed by atoms with Crippen molar-refractivity contribution in [2.75, 3.05) is 25.1 Å². The molecular weight excluding hydrogens is 491 g/mol. The van der Waals surface area contributed by atoms with E-state index in [4.69, 9.17) is 4.99 Å². The van der Waals surface area contributed by atoms with E-state index < -0.39 is 0 Å². The standard InChI is InChI=1S/C18H30N6S2.HI/c1-14-22-23-16(24(14)4)12-20-17(19-9-7-10-25-5)21-13-18(2,3)15-8-6-11-26-15;/h6,8,11H,7,9-10,12-13H2,1-5H3,(H2,19,20,21);1H. The number of hydrogen-bond donors (Lipinski definition) is 2. The number of aliphatic imine (C=N–C) groups is 1. The van der Waals surface area contributed by atoms with Crippen molar-refractivity contribution in [2.45, 2.75) is 39.2 Å². The van der Waals surface area contributed by atoms with Gasteiger partial charge in [-0.3, -0.25) is 0 Å². The van der Waals surface area contributed by atoms with Gasteiger partial charge in [0.15, 0.2) is 11.8 Å². The molecule has 0 spiro atoms. The molecule has 0 aromatic carbocycles. The molecule has 0 amide bonds. The third-order valence-electron chi connectivity index (χ3n) is 4.26. The monoisotopic (exact) mass is 522 g/mol. The fourth-order valence-corrected chi connectivity index (χ4v) is 3.68. The van der Waals surface area contributed by atoms with Crippen LogP contribution in [0.15, 0.2) is 22.5 Å². The van der Waals surface area contributed by atoms with Gasteiger partial charge in [-0.1, -0.05) is 19.9 Å². The Morgan fingerprint density at radius 3 is 2.70 bits per heavy atom. The van der Waals surface area contributed by atoms with Gasteiger partial charge >= 0.3 is 0 Å². The number of aromatic nitrogens is 3. The summed E-state index contributed by atoms with van der Waals surface area (Å²) in [5, 5.41) is 17.4. The van der Waals surface area contributed by atoms with Crippen molar-refractivity contribution in [3.05, 3.63) is 34.0 Å². The summed E-state index contributed by atoms with van der Waals surface area (Å²) in [4.78, 5) is 6.09. The molecule has 0 aliphatic carbocycles. The van der Waals surface area contributed by atoms with Gasteiger partial charge in [0.25, 0.3) is 0 Å². The molecule has 27 heavy (non-hydrogen) atoms. The molecule has 152 valence electrons. The Kier molecular flexibility index (Phi) is 10.7. The van der Waals surface area contributed by atoms with Gasteiger partial charge in [0.1, 0.15) is 12.4 Å². The molecule has 2 aromatic rings. The molecule has 9 heteroatoms. The number of rotatable bonds is 9. The summed E-state index contributed by atoms with van der Waals surface area (Å²) in [5.74, 6) is 3.74. The van der Waals surface area contributed by atoms with Crippen LogP contribution in [0.25, 0.3) is 0 Å². The maximum atomic E-state index is 4.72. The van der Waals surface area contributed by atoms with Crippen LogP contribution in [0.5, 0.6) is 0 Å². The highest BCUT2D eigenvalue weighted by Crippen LogP contribution is 2.26. The quantitative estimate of drug-likeness (QED) is 0.228. The average Bonchev–Trinajstić information content (AvgIpc) is 3.26. The zero-order valence-corrected chi connectivity index (χ0v) is 20.7. The SMILES string of the molecule is CSCCCNC(=NCc1nnc(C)n1C)NCC(C)(C)c1cccs1.I. The second kappa shape index (κ2) is 11.9. The molecule has 0 aliphatic rings. The number of halogens is 1. The lowest BCUT2D eigenvalue weighted by molar-refractivity contribution is 0.518. The molecule has 2 aromatic heterocycles. The van der Waals surface area contributed by atoms with Crippen LogP contribution >= 0.6 is 47.1 Å². The fourth-order valence-electron chi connectivity index (χ4n) is 2.39. The first-order valence-electron chi connectivity index (χ1n) is 8.84. The van der Waals surface area contributed by atoms with E-state index in [9.17, 15) is 0 Å². The molecule has 2 rings (SSSR count). The van der Waals surface area contributed by atoms with Crippen molar-refractivity contribution >= 4 is 53.0 Å². The highest BCUT2D eigenvalue weighted by Gasteiger charge is 2.22. The van der Waals surface area contributed by atoms with Crippen LogP contribution in [-0.2, 0) is 19.0 Å². The highest BCUT2D eigenvalue weighted by molar-refractivity contribution is 14.0. The third-order valence-corrected chi connectivity index (χ3v) is 6.20. The van der Waals surface area contributed by atoms with E-state index in [-0.39, 0.29) is 29.4 Å². The van der Waals surface area contributed by atoms with E-state index >= 15 is 0 Å². The van der Waals surface area contributed by atoms with Crippen LogP contribution in [0.3, 0.4) is 0 Å². The predicted octanol–water partition coefficient (Wildman–Crippen LogP) is 3.57. The summed E-state index contributed by atoms with van der Waals surface area (Å²) in [6.45, 7) is 8.69. The van der Waals surface area contributed by atoms with Crippen LogP contribution in [0, 0.1) is 6.92 Å². The molecule has 0 fully saturated rings. The van der Waals surface area contributed by atoms with E-state index in [1.54, 1.807) is 11.3 Å². The minimum absolute atomic E-state index is 0. The highest BCUT2D eigenvalue weighted by atomic mass is 127. The van der Waals surface area contributed by atoms with E-state index in [1.165, 1.54) is 4.88 Å². The lowest BCUT2D eigenvalue weighted by Gasteiger charge is -2.25. The van der Waals surface area contributed by atoms with Crippen molar-refractivity contribution in [3.8, 4) is 0 Å². The lowest BCUT2D eigenvalue weighted by Crippen LogP contribution is -2.43. The first-order valence-corrected chi connectivity index (χ1v) is 11.1. The van der Waals surface area contributed by atoms with Gasteiger partial charge in [0.2, 0.25) is 0 Å². The van der Waals surface area contributed by atoms with Crippen molar-refractivity contribution in [1.82, 2.24) is 25.4 Å². The third kappa shape index (κ3) is 7.61. The number of nitrogens with one attached hydrogen (secondary N) is 2. The Balaban J connectivity index is 0.00000364. The largest absolute Gasteiger partial charge is 0.356 e. The number of thiophene rings is 1. The van der Waals surface area contributed by atoms with Gasteiger partial charge in [-0.25, -0.2) is 4.99 Å².